The Morgan fingerprint density at radius 1 is 1.25 bits per heavy atom. The van der Waals surface area contributed by atoms with Gasteiger partial charge in [0.15, 0.2) is 0 Å². The summed E-state index contributed by atoms with van der Waals surface area (Å²) in [5.41, 5.74) is 0. The lowest BCUT2D eigenvalue weighted by molar-refractivity contribution is 0.230. The standard InChI is InChI=1S/C8H19O3P/c1-4-6-7-8-11-12(9,5-2)10-3/h4-8H2,1-3H3. The topological polar surface area (TPSA) is 35.5 Å². The van der Waals surface area contributed by atoms with Crippen molar-refractivity contribution in [2.24, 2.45) is 0 Å². The molecule has 0 aliphatic rings. The van der Waals surface area contributed by atoms with Crippen LogP contribution in [-0.4, -0.2) is 19.9 Å². The Morgan fingerprint density at radius 3 is 2.33 bits per heavy atom. The molecule has 0 saturated carbocycles. The van der Waals surface area contributed by atoms with Gasteiger partial charge in [-0.1, -0.05) is 26.7 Å². The van der Waals surface area contributed by atoms with E-state index >= 15 is 0 Å². The molecule has 0 N–H and O–H groups in total. The van der Waals surface area contributed by atoms with E-state index < -0.39 is 7.60 Å². The van der Waals surface area contributed by atoms with Crippen LogP contribution in [0.3, 0.4) is 0 Å². The van der Waals surface area contributed by atoms with Crippen LogP contribution >= 0.6 is 7.60 Å². The number of hydrogen-bond donors (Lipinski definition) is 0. The van der Waals surface area contributed by atoms with Gasteiger partial charge in [-0.25, -0.2) is 0 Å². The van der Waals surface area contributed by atoms with Gasteiger partial charge < -0.3 is 9.05 Å². The predicted octanol–water partition coefficient (Wildman–Crippen LogP) is 3.05. The van der Waals surface area contributed by atoms with Crippen molar-refractivity contribution < 1.29 is 13.6 Å². The summed E-state index contributed by atoms with van der Waals surface area (Å²) in [6.45, 7) is 4.48. The molecule has 1 atom stereocenters. The fraction of sp³-hybridized carbons (Fsp3) is 1.00. The molecule has 0 spiro atoms. The molecular formula is C8H19O3P. The zero-order valence-corrected chi connectivity index (χ0v) is 9.10. The van der Waals surface area contributed by atoms with Crippen molar-refractivity contribution >= 4 is 7.60 Å². The molecule has 0 rings (SSSR count). The summed E-state index contributed by atoms with van der Waals surface area (Å²) in [7, 11) is -1.29. The highest BCUT2D eigenvalue weighted by Crippen LogP contribution is 2.46. The van der Waals surface area contributed by atoms with Gasteiger partial charge in [-0.3, -0.25) is 4.57 Å². The fourth-order valence-electron chi connectivity index (χ4n) is 0.829. The van der Waals surface area contributed by atoms with Crippen molar-refractivity contribution in [2.45, 2.75) is 33.1 Å². The minimum absolute atomic E-state index is 0.454. The summed E-state index contributed by atoms with van der Waals surface area (Å²) in [4.78, 5) is 0. The van der Waals surface area contributed by atoms with E-state index in [4.69, 9.17) is 9.05 Å². The molecule has 0 amide bonds. The molecule has 0 aromatic heterocycles. The third kappa shape index (κ3) is 4.91. The number of unbranched alkanes of at least 4 members (excludes halogenated alkanes) is 2. The molecular weight excluding hydrogens is 175 g/mol. The van der Waals surface area contributed by atoms with Gasteiger partial charge in [0.2, 0.25) is 0 Å². The van der Waals surface area contributed by atoms with Crippen LogP contribution in [0.4, 0.5) is 0 Å². The number of rotatable bonds is 7. The summed E-state index contributed by atoms with van der Waals surface area (Å²) < 4.78 is 21.4. The maximum absolute atomic E-state index is 11.5. The predicted molar refractivity (Wildman–Crippen MR) is 50.6 cm³/mol. The largest absolute Gasteiger partial charge is 0.330 e. The quantitative estimate of drug-likeness (QED) is 0.461. The molecule has 0 aromatic rings. The van der Waals surface area contributed by atoms with E-state index in [1.54, 1.807) is 0 Å². The Hall–Kier alpha value is 0.150. The van der Waals surface area contributed by atoms with Crippen molar-refractivity contribution in [1.82, 2.24) is 0 Å². The molecule has 0 bridgehead atoms. The Kier molecular flexibility index (Phi) is 6.73. The van der Waals surface area contributed by atoms with Crippen molar-refractivity contribution in [3.05, 3.63) is 0 Å². The van der Waals surface area contributed by atoms with E-state index in [-0.39, 0.29) is 0 Å². The Bertz CT molecular complexity index is 139. The SMILES string of the molecule is CCCCCOP(=O)(CC)OC. The van der Waals surface area contributed by atoms with Crippen molar-refractivity contribution in [1.29, 1.82) is 0 Å². The molecule has 0 aromatic carbocycles. The van der Waals surface area contributed by atoms with Crippen LogP contribution in [0, 0.1) is 0 Å². The van der Waals surface area contributed by atoms with E-state index in [0.717, 1.165) is 19.3 Å². The maximum Gasteiger partial charge on any atom is 0.330 e. The Morgan fingerprint density at radius 2 is 1.92 bits per heavy atom. The Labute approximate surface area is 75.0 Å². The lowest BCUT2D eigenvalue weighted by Gasteiger charge is -2.13. The van der Waals surface area contributed by atoms with Crippen LogP contribution in [0.15, 0.2) is 0 Å². The molecule has 0 aliphatic carbocycles. The van der Waals surface area contributed by atoms with Gasteiger partial charge in [-0.2, -0.15) is 0 Å². The van der Waals surface area contributed by atoms with Gasteiger partial charge in [0, 0.05) is 13.3 Å². The zero-order chi connectivity index (χ0) is 9.45. The summed E-state index contributed by atoms with van der Waals surface area (Å²) in [5.74, 6) is 0. The van der Waals surface area contributed by atoms with Crippen molar-refractivity contribution in [3.63, 3.8) is 0 Å². The van der Waals surface area contributed by atoms with Gasteiger partial charge >= 0.3 is 7.60 Å². The summed E-state index contributed by atoms with van der Waals surface area (Å²) in [6.07, 6.45) is 3.68. The molecule has 3 nitrogen and oxygen atoms in total. The Balaban J connectivity index is 3.52. The van der Waals surface area contributed by atoms with E-state index in [1.165, 1.54) is 7.11 Å². The minimum atomic E-state index is -2.72. The molecule has 0 fully saturated rings. The summed E-state index contributed by atoms with van der Waals surface area (Å²) >= 11 is 0. The molecule has 74 valence electrons. The normalized spacial score (nSPS) is 15.9. The third-order valence-electron chi connectivity index (χ3n) is 1.70. The maximum atomic E-state index is 11.5. The zero-order valence-electron chi connectivity index (χ0n) is 8.21. The lowest BCUT2D eigenvalue weighted by Crippen LogP contribution is -1.97. The summed E-state index contributed by atoms with van der Waals surface area (Å²) in [6, 6.07) is 0. The molecule has 1 unspecified atom stereocenters. The van der Waals surface area contributed by atoms with Gasteiger partial charge in [-0.15, -0.1) is 0 Å². The van der Waals surface area contributed by atoms with E-state index in [9.17, 15) is 4.57 Å². The second-order valence-corrected chi connectivity index (χ2v) is 5.13. The van der Waals surface area contributed by atoms with Crippen LogP contribution < -0.4 is 0 Å². The minimum Gasteiger partial charge on any atom is -0.312 e. The van der Waals surface area contributed by atoms with Gasteiger partial charge in [0.1, 0.15) is 0 Å². The average molecular weight is 194 g/mol. The van der Waals surface area contributed by atoms with Gasteiger partial charge in [0.05, 0.1) is 6.61 Å². The highest BCUT2D eigenvalue weighted by atomic mass is 31.2. The first kappa shape index (κ1) is 12.2. The van der Waals surface area contributed by atoms with Crippen LogP contribution in [-0.2, 0) is 13.6 Å². The van der Waals surface area contributed by atoms with E-state index in [2.05, 4.69) is 6.92 Å². The van der Waals surface area contributed by atoms with Crippen LogP contribution in [0.2, 0.25) is 0 Å². The van der Waals surface area contributed by atoms with Crippen LogP contribution in [0.1, 0.15) is 33.1 Å². The lowest BCUT2D eigenvalue weighted by atomic mass is 10.3. The van der Waals surface area contributed by atoms with Crippen molar-refractivity contribution in [3.8, 4) is 0 Å². The fourth-order valence-corrected chi connectivity index (χ4v) is 1.78. The van der Waals surface area contributed by atoms with E-state index in [1.807, 2.05) is 6.92 Å². The highest BCUT2D eigenvalue weighted by molar-refractivity contribution is 7.53. The molecule has 12 heavy (non-hydrogen) atoms. The number of hydrogen-bond acceptors (Lipinski definition) is 3. The molecule has 0 saturated heterocycles. The molecule has 0 radical (unpaired) electrons. The average Bonchev–Trinajstić information content (AvgIpc) is 2.12. The molecule has 0 aliphatic heterocycles. The van der Waals surface area contributed by atoms with Crippen LogP contribution in [0.25, 0.3) is 0 Å². The first-order valence-corrected chi connectivity index (χ1v) is 6.20. The second-order valence-electron chi connectivity index (χ2n) is 2.65. The second kappa shape index (κ2) is 6.64. The molecule has 0 heterocycles. The van der Waals surface area contributed by atoms with E-state index in [0.29, 0.717) is 12.8 Å². The van der Waals surface area contributed by atoms with Gasteiger partial charge in [0.25, 0.3) is 0 Å². The first-order valence-electron chi connectivity index (χ1n) is 4.48. The third-order valence-corrected chi connectivity index (χ3v) is 3.61. The van der Waals surface area contributed by atoms with Gasteiger partial charge in [-0.05, 0) is 6.42 Å². The highest BCUT2D eigenvalue weighted by Gasteiger charge is 2.18. The van der Waals surface area contributed by atoms with Crippen molar-refractivity contribution in [2.75, 3.05) is 19.9 Å². The van der Waals surface area contributed by atoms with Crippen LogP contribution in [0.5, 0.6) is 0 Å². The first-order chi connectivity index (χ1) is 5.68. The molecule has 4 heteroatoms. The summed E-state index contributed by atoms with van der Waals surface area (Å²) in [5, 5.41) is 0. The smallest absolute Gasteiger partial charge is 0.312 e. The monoisotopic (exact) mass is 194 g/mol.